The number of carbonyl (C=O) groups excluding carboxylic acids is 2. The number of benzene rings is 2. The lowest BCUT2D eigenvalue weighted by Gasteiger charge is -2.42. The first-order valence-corrected chi connectivity index (χ1v) is 13.6. The number of ether oxygens (including phenoxy) is 2. The SMILES string of the molecule is Cc1nn(C)c(C)c1CCC(=O)N1CCOC(COc2ccc(Cl)cc2)(CC(=O)N(C)Cc2ccccc2)C1. The van der Waals surface area contributed by atoms with Gasteiger partial charge in [-0.2, -0.15) is 5.10 Å². The van der Waals surface area contributed by atoms with Crippen LogP contribution in [0.25, 0.3) is 0 Å². The number of rotatable bonds is 10. The summed E-state index contributed by atoms with van der Waals surface area (Å²) in [6, 6.07) is 16.9. The fourth-order valence-corrected chi connectivity index (χ4v) is 5.10. The average molecular weight is 553 g/mol. The van der Waals surface area contributed by atoms with Crippen LogP contribution in [0.3, 0.4) is 0 Å². The molecule has 3 aromatic rings. The Bertz CT molecular complexity index is 1280. The molecule has 0 radical (unpaired) electrons. The number of morpholine rings is 1. The van der Waals surface area contributed by atoms with Crippen molar-refractivity contribution in [2.24, 2.45) is 7.05 Å². The molecular formula is C30H37ClN4O4. The van der Waals surface area contributed by atoms with Gasteiger partial charge in [-0.3, -0.25) is 14.3 Å². The molecule has 1 aromatic heterocycles. The number of hydrogen-bond donors (Lipinski definition) is 0. The molecule has 1 aliphatic heterocycles. The van der Waals surface area contributed by atoms with E-state index >= 15 is 0 Å². The van der Waals surface area contributed by atoms with Gasteiger partial charge in [0.1, 0.15) is 18.0 Å². The highest BCUT2D eigenvalue weighted by atomic mass is 35.5. The molecule has 39 heavy (non-hydrogen) atoms. The Morgan fingerprint density at radius 3 is 2.51 bits per heavy atom. The fourth-order valence-electron chi connectivity index (χ4n) is 4.97. The Hall–Kier alpha value is -3.36. The molecule has 2 aromatic carbocycles. The molecule has 8 nitrogen and oxygen atoms in total. The standard InChI is InChI=1S/C30H37ClN4O4/c1-22-27(23(2)34(4)32-22)14-15-28(36)35-16-17-39-30(20-35,21-38-26-12-10-25(31)11-13-26)18-29(37)33(3)19-24-8-6-5-7-9-24/h5-13H,14-21H2,1-4H3. The van der Waals surface area contributed by atoms with E-state index in [1.54, 1.807) is 41.1 Å². The second kappa shape index (κ2) is 12.7. The van der Waals surface area contributed by atoms with Crippen molar-refractivity contribution in [3.8, 4) is 5.75 Å². The quantitative estimate of drug-likeness (QED) is 0.374. The molecule has 1 atom stereocenters. The number of aryl methyl sites for hydroxylation is 2. The van der Waals surface area contributed by atoms with E-state index in [0.717, 1.165) is 22.5 Å². The van der Waals surface area contributed by atoms with Gasteiger partial charge in [0, 0.05) is 44.3 Å². The summed E-state index contributed by atoms with van der Waals surface area (Å²) in [7, 11) is 3.70. The van der Waals surface area contributed by atoms with Crippen molar-refractivity contribution in [1.29, 1.82) is 0 Å². The van der Waals surface area contributed by atoms with Crippen LogP contribution < -0.4 is 4.74 Å². The van der Waals surface area contributed by atoms with Crippen molar-refractivity contribution in [2.75, 3.05) is 33.4 Å². The van der Waals surface area contributed by atoms with Crippen LogP contribution in [0.2, 0.25) is 5.02 Å². The lowest BCUT2D eigenvalue weighted by atomic mass is 9.96. The highest BCUT2D eigenvalue weighted by Crippen LogP contribution is 2.27. The molecule has 2 amide bonds. The monoisotopic (exact) mass is 552 g/mol. The number of halogens is 1. The van der Waals surface area contributed by atoms with Gasteiger partial charge in [-0.1, -0.05) is 41.9 Å². The van der Waals surface area contributed by atoms with Gasteiger partial charge in [-0.05, 0) is 55.7 Å². The molecule has 1 saturated heterocycles. The zero-order valence-electron chi connectivity index (χ0n) is 23.2. The third-order valence-corrected chi connectivity index (χ3v) is 7.58. The minimum atomic E-state index is -0.976. The lowest BCUT2D eigenvalue weighted by Crippen LogP contribution is -2.58. The van der Waals surface area contributed by atoms with Crippen molar-refractivity contribution in [3.63, 3.8) is 0 Å². The van der Waals surface area contributed by atoms with E-state index in [1.807, 2.05) is 55.9 Å². The molecule has 1 fully saturated rings. The third-order valence-electron chi connectivity index (χ3n) is 7.33. The average Bonchev–Trinajstić information content (AvgIpc) is 3.17. The molecule has 1 aliphatic rings. The number of carbonyl (C=O) groups is 2. The summed E-state index contributed by atoms with van der Waals surface area (Å²) in [4.78, 5) is 30.3. The summed E-state index contributed by atoms with van der Waals surface area (Å²) in [5.74, 6) is 0.579. The summed E-state index contributed by atoms with van der Waals surface area (Å²) in [6.07, 6.45) is 1.08. The van der Waals surface area contributed by atoms with Crippen molar-refractivity contribution in [2.45, 2.75) is 45.3 Å². The zero-order chi connectivity index (χ0) is 28.0. The van der Waals surface area contributed by atoms with E-state index in [4.69, 9.17) is 21.1 Å². The molecule has 4 rings (SSSR count). The maximum absolute atomic E-state index is 13.4. The van der Waals surface area contributed by atoms with Crippen LogP contribution in [0, 0.1) is 13.8 Å². The normalized spacial score (nSPS) is 17.2. The predicted molar refractivity (Wildman–Crippen MR) is 151 cm³/mol. The Labute approximate surface area is 235 Å². The summed E-state index contributed by atoms with van der Waals surface area (Å²) < 4.78 is 14.2. The molecule has 0 N–H and O–H groups in total. The van der Waals surface area contributed by atoms with Crippen LogP contribution >= 0.6 is 11.6 Å². The van der Waals surface area contributed by atoms with Crippen LogP contribution in [-0.4, -0.2) is 70.3 Å². The van der Waals surface area contributed by atoms with Gasteiger partial charge in [0.15, 0.2) is 0 Å². The Balaban J connectivity index is 1.47. The largest absolute Gasteiger partial charge is 0.490 e. The fraction of sp³-hybridized carbons (Fsp3) is 0.433. The number of aromatic nitrogens is 2. The summed E-state index contributed by atoms with van der Waals surface area (Å²) in [5.41, 5.74) is 3.19. The highest BCUT2D eigenvalue weighted by Gasteiger charge is 2.42. The van der Waals surface area contributed by atoms with Gasteiger partial charge in [0.05, 0.1) is 25.3 Å². The smallest absolute Gasteiger partial charge is 0.225 e. The van der Waals surface area contributed by atoms with Gasteiger partial charge in [0.25, 0.3) is 0 Å². The van der Waals surface area contributed by atoms with Crippen LogP contribution in [0.5, 0.6) is 5.75 Å². The summed E-state index contributed by atoms with van der Waals surface area (Å²) in [5, 5.41) is 5.08. The van der Waals surface area contributed by atoms with E-state index in [9.17, 15) is 9.59 Å². The second-order valence-electron chi connectivity index (χ2n) is 10.3. The maximum Gasteiger partial charge on any atom is 0.225 e. The molecule has 9 heteroatoms. The van der Waals surface area contributed by atoms with E-state index in [1.165, 1.54) is 0 Å². The topological polar surface area (TPSA) is 76.9 Å². The molecule has 0 aliphatic carbocycles. The Kier molecular flexibility index (Phi) is 9.30. The van der Waals surface area contributed by atoms with Gasteiger partial charge in [-0.25, -0.2) is 0 Å². The van der Waals surface area contributed by atoms with Gasteiger partial charge >= 0.3 is 0 Å². The van der Waals surface area contributed by atoms with Crippen molar-refractivity contribution >= 4 is 23.4 Å². The van der Waals surface area contributed by atoms with E-state index in [0.29, 0.717) is 43.3 Å². The number of hydrogen-bond acceptors (Lipinski definition) is 5. The van der Waals surface area contributed by atoms with Crippen LogP contribution in [-0.2, 0) is 34.3 Å². The Morgan fingerprint density at radius 2 is 1.85 bits per heavy atom. The molecule has 2 heterocycles. The van der Waals surface area contributed by atoms with E-state index < -0.39 is 5.60 Å². The molecule has 208 valence electrons. The van der Waals surface area contributed by atoms with E-state index in [2.05, 4.69) is 5.10 Å². The first-order valence-electron chi connectivity index (χ1n) is 13.2. The maximum atomic E-state index is 13.4. The first-order chi connectivity index (χ1) is 18.7. The van der Waals surface area contributed by atoms with Crippen LogP contribution in [0.1, 0.15) is 35.4 Å². The lowest BCUT2D eigenvalue weighted by molar-refractivity contribution is -0.165. The van der Waals surface area contributed by atoms with Gasteiger partial charge in [0.2, 0.25) is 11.8 Å². The minimum absolute atomic E-state index is 0.0295. The Morgan fingerprint density at radius 1 is 1.13 bits per heavy atom. The summed E-state index contributed by atoms with van der Waals surface area (Å²) in [6.45, 7) is 5.68. The van der Waals surface area contributed by atoms with Gasteiger partial charge in [-0.15, -0.1) is 0 Å². The van der Waals surface area contributed by atoms with E-state index in [-0.39, 0.29) is 31.4 Å². The van der Waals surface area contributed by atoms with Gasteiger partial charge < -0.3 is 19.3 Å². The van der Waals surface area contributed by atoms with Crippen LogP contribution in [0.15, 0.2) is 54.6 Å². The molecule has 1 unspecified atom stereocenters. The number of amides is 2. The second-order valence-corrected chi connectivity index (χ2v) is 10.7. The van der Waals surface area contributed by atoms with Crippen molar-refractivity contribution in [1.82, 2.24) is 19.6 Å². The minimum Gasteiger partial charge on any atom is -0.490 e. The third kappa shape index (κ3) is 7.40. The zero-order valence-corrected chi connectivity index (χ0v) is 23.9. The van der Waals surface area contributed by atoms with Crippen molar-refractivity contribution in [3.05, 3.63) is 82.1 Å². The molecular weight excluding hydrogens is 516 g/mol. The first kappa shape index (κ1) is 28.6. The van der Waals surface area contributed by atoms with Crippen LogP contribution in [0.4, 0.5) is 0 Å². The molecule has 0 saturated carbocycles. The predicted octanol–water partition coefficient (Wildman–Crippen LogP) is 4.35. The number of nitrogens with zero attached hydrogens (tertiary/aromatic N) is 4. The van der Waals surface area contributed by atoms with Crippen molar-refractivity contribution < 1.29 is 19.1 Å². The molecule has 0 bridgehead atoms. The summed E-state index contributed by atoms with van der Waals surface area (Å²) >= 11 is 6.03. The molecule has 0 spiro atoms. The highest BCUT2D eigenvalue weighted by molar-refractivity contribution is 6.30.